The van der Waals surface area contributed by atoms with Gasteiger partial charge in [0.25, 0.3) is 0 Å². The summed E-state index contributed by atoms with van der Waals surface area (Å²) in [6.45, 7) is 2.69. The predicted octanol–water partition coefficient (Wildman–Crippen LogP) is 5.64. The number of hydrogen-bond acceptors (Lipinski definition) is 20. The lowest BCUT2D eigenvalue weighted by atomic mass is 9.96. The van der Waals surface area contributed by atoms with Crippen molar-refractivity contribution in [1.29, 1.82) is 0 Å². The van der Waals surface area contributed by atoms with Crippen LogP contribution >= 0.6 is 0 Å². The van der Waals surface area contributed by atoms with Crippen LogP contribution in [0.3, 0.4) is 0 Å². The fourth-order valence-electron chi connectivity index (χ4n) is 12.1. The molecule has 2 amide bonds. The highest BCUT2D eigenvalue weighted by Gasteiger charge is 2.52. The Hall–Kier alpha value is -1.78. The quantitative estimate of drug-likeness (QED) is 0.0328. The molecule has 0 aromatic carbocycles. The molecule has 3 saturated heterocycles. The van der Waals surface area contributed by atoms with Gasteiger partial charge in [-0.3, -0.25) is 9.59 Å². The van der Waals surface area contributed by atoms with Crippen molar-refractivity contribution in [3.8, 4) is 0 Å². The molecule has 22 nitrogen and oxygen atoms in total. The van der Waals surface area contributed by atoms with Crippen LogP contribution in [0.25, 0.3) is 0 Å². The molecule has 0 radical (unpaired) electrons. The number of rotatable bonds is 52. The highest BCUT2D eigenvalue weighted by atomic mass is 16.8. The third kappa shape index (κ3) is 31.1. The summed E-state index contributed by atoms with van der Waals surface area (Å²) in [5.74, 6) is -1.47. The van der Waals surface area contributed by atoms with E-state index in [4.69, 9.17) is 28.4 Å². The summed E-state index contributed by atoms with van der Waals surface area (Å²) in [6, 6.07) is -2.82. The monoisotopic (exact) mass is 1250 g/mol. The maximum absolute atomic E-state index is 13.8. The number of hydrogen-bond donors (Lipinski definition) is 14. The number of aliphatic hydroxyl groups is 12. The molecule has 22 heteroatoms. The summed E-state index contributed by atoms with van der Waals surface area (Å²) in [6.07, 6.45) is 12.7. The molecule has 0 unspecified atom stereocenters. The molecule has 3 aliphatic rings. The SMILES string of the molecule is CCCCCCCCCCCCCCCCCCCCCC[C@@H](O)C(=O)N[C@@H](CO[C@H]1O[C@H](CO[C@@H]2O[C@H](CO)[C@H](O)[C@H](O)[C@H]2NC(C)=O)[C@H](O)[C@H](O)[C@H]1O[C@H]1O[C@H](CO)[C@H](O)[C@H](O)[C@H]1O)[C@H](O)[C@H](O)CCCCCCCCCCCCCCCCC. The maximum Gasteiger partial charge on any atom is 0.249 e. The normalized spacial score (nSPS) is 29.2. The van der Waals surface area contributed by atoms with Gasteiger partial charge in [0, 0.05) is 6.92 Å². The van der Waals surface area contributed by atoms with E-state index in [1.165, 1.54) is 161 Å². The third-order valence-corrected chi connectivity index (χ3v) is 17.8. The Morgan fingerprint density at radius 1 is 0.437 bits per heavy atom. The summed E-state index contributed by atoms with van der Waals surface area (Å²) < 4.78 is 35.3. The van der Waals surface area contributed by atoms with Gasteiger partial charge in [0.05, 0.1) is 38.6 Å². The average molecular weight is 1250 g/mol. The molecule has 19 atom stereocenters. The van der Waals surface area contributed by atoms with Crippen molar-refractivity contribution in [2.24, 2.45) is 0 Å². The van der Waals surface area contributed by atoms with E-state index in [2.05, 4.69) is 24.5 Å². The first kappa shape index (κ1) is 79.5. The van der Waals surface area contributed by atoms with Crippen molar-refractivity contribution >= 4 is 11.8 Å². The fraction of sp³-hybridized carbons (Fsp3) is 0.969. The molecule has 87 heavy (non-hydrogen) atoms. The minimum atomic E-state index is -2.01. The fourth-order valence-corrected chi connectivity index (χ4v) is 12.1. The van der Waals surface area contributed by atoms with Crippen LogP contribution in [0.5, 0.6) is 0 Å². The highest BCUT2D eigenvalue weighted by molar-refractivity contribution is 5.80. The standard InChI is InChI=1S/C65H124N2O20/c1-4-6-8-10-12-14-16-18-20-21-22-23-24-26-28-30-32-34-36-38-40-48(72)62(81)67-46(53(73)47(71)39-37-35-33-31-29-27-25-19-17-15-13-11-9-7-5-2)43-82-65-61(87-64-60(80)58(78)55(75)50(42-69)85-64)59(79)56(76)51(86-65)44-83-63-52(66-45(3)70)57(77)54(74)49(41-68)84-63/h46-61,63-65,68-69,71-80H,4-44H2,1-3H3,(H,66,70)(H,67,81)/t46-,47+,48+,49+,50+,51+,52+,53-,54-,55-,56-,57+,58-,59-,60+,61+,63+,64+,65-/m0/s1. The van der Waals surface area contributed by atoms with Gasteiger partial charge in [-0.05, 0) is 12.8 Å². The van der Waals surface area contributed by atoms with Gasteiger partial charge in [-0.2, -0.15) is 0 Å². The average Bonchev–Trinajstić information content (AvgIpc) is 1.51. The first-order valence-corrected chi connectivity index (χ1v) is 34.5. The Morgan fingerprint density at radius 2 is 0.816 bits per heavy atom. The molecular formula is C65H124N2O20. The molecule has 3 heterocycles. The lowest BCUT2D eigenvalue weighted by molar-refractivity contribution is -0.371. The van der Waals surface area contributed by atoms with Gasteiger partial charge in [0.15, 0.2) is 18.9 Å². The van der Waals surface area contributed by atoms with E-state index in [-0.39, 0.29) is 12.8 Å². The first-order chi connectivity index (χ1) is 42.0. The third-order valence-electron chi connectivity index (χ3n) is 17.8. The maximum atomic E-state index is 13.8. The number of amides is 2. The largest absolute Gasteiger partial charge is 0.394 e. The number of ether oxygens (including phenoxy) is 6. The van der Waals surface area contributed by atoms with E-state index in [0.29, 0.717) is 12.8 Å². The van der Waals surface area contributed by atoms with Crippen LogP contribution in [-0.4, -0.2) is 216 Å². The van der Waals surface area contributed by atoms with E-state index >= 15 is 0 Å². The molecule has 3 aliphatic heterocycles. The Labute approximate surface area is 521 Å². The Balaban J connectivity index is 1.65. The zero-order chi connectivity index (χ0) is 63.8. The number of nitrogens with one attached hydrogen (secondary N) is 2. The second-order valence-electron chi connectivity index (χ2n) is 25.4. The summed E-state index contributed by atoms with van der Waals surface area (Å²) in [4.78, 5) is 25.9. The lowest BCUT2D eigenvalue weighted by Crippen LogP contribution is -2.66. The number of aliphatic hydroxyl groups excluding tert-OH is 12. The van der Waals surface area contributed by atoms with Crippen molar-refractivity contribution in [3.05, 3.63) is 0 Å². The topological polar surface area (TPSA) is 356 Å². The van der Waals surface area contributed by atoms with Crippen LogP contribution in [0.2, 0.25) is 0 Å². The Bertz CT molecular complexity index is 1690. The summed E-state index contributed by atoms with van der Waals surface area (Å²) in [5, 5.41) is 136. The second kappa shape index (κ2) is 48.0. The molecule has 0 aliphatic carbocycles. The smallest absolute Gasteiger partial charge is 0.249 e. The second-order valence-corrected chi connectivity index (χ2v) is 25.4. The number of carbonyl (C=O) groups is 2. The van der Waals surface area contributed by atoms with Crippen molar-refractivity contribution < 1.29 is 99.3 Å². The van der Waals surface area contributed by atoms with Gasteiger partial charge in [0.1, 0.15) is 85.4 Å². The van der Waals surface area contributed by atoms with Crippen LogP contribution in [-0.2, 0) is 38.0 Å². The molecule has 3 rings (SSSR count). The molecule has 0 saturated carbocycles. The summed E-state index contributed by atoms with van der Waals surface area (Å²) in [5.41, 5.74) is 0. The van der Waals surface area contributed by atoms with Gasteiger partial charge in [-0.1, -0.05) is 239 Å². The van der Waals surface area contributed by atoms with Crippen molar-refractivity contribution in [3.63, 3.8) is 0 Å². The predicted molar refractivity (Wildman–Crippen MR) is 329 cm³/mol. The molecule has 514 valence electrons. The van der Waals surface area contributed by atoms with E-state index in [9.17, 15) is 70.9 Å². The van der Waals surface area contributed by atoms with Crippen molar-refractivity contribution in [2.75, 3.05) is 26.4 Å². The zero-order valence-electron chi connectivity index (χ0n) is 53.6. The Morgan fingerprint density at radius 3 is 1.24 bits per heavy atom. The molecule has 0 spiro atoms. The summed E-state index contributed by atoms with van der Waals surface area (Å²) in [7, 11) is 0. The zero-order valence-corrected chi connectivity index (χ0v) is 53.6. The van der Waals surface area contributed by atoms with Crippen LogP contribution < -0.4 is 10.6 Å². The lowest BCUT2D eigenvalue weighted by Gasteiger charge is -2.47. The van der Waals surface area contributed by atoms with E-state index < -0.39 is 155 Å². The van der Waals surface area contributed by atoms with Crippen LogP contribution in [0, 0.1) is 0 Å². The van der Waals surface area contributed by atoms with Crippen LogP contribution in [0.1, 0.15) is 258 Å². The first-order valence-electron chi connectivity index (χ1n) is 34.5. The molecule has 14 N–H and O–H groups in total. The molecule has 0 aromatic rings. The van der Waals surface area contributed by atoms with Crippen molar-refractivity contribution in [2.45, 2.75) is 375 Å². The van der Waals surface area contributed by atoms with Gasteiger partial charge < -0.3 is 100 Å². The van der Waals surface area contributed by atoms with E-state index in [1.807, 2.05) is 0 Å². The van der Waals surface area contributed by atoms with Gasteiger partial charge in [-0.15, -0.1) is 0 Å². The highest BCUT2D eigenvalue weighted by Crippen LogP contribution is 2.32. The molecular weight excluding hydrogens is 1130 g/mol. The molecule has 3 fully saturated rings. The van der Waals surface area contributed by atoms with Crippen LogP contribution in [0.15, 0.2) is 0 Å². The van der Waals surface area contributed by atoms with E-state index in [1.54, 1.807) is 0 Å². The number of carbonyl (C=O) groups excluding carboxylic acids is 2. The summed E-state index contributed by atoms with van der Waals surface area (Å²) >= 11 is 0. The van der Waals surface area contributed by atoms with Crippen molar-refractivity contribution in [1.82, 2.24) is 10.6 Å². The number of unbranched alkanes of at least 4 members (excludes halogenated alkanes) is 33. The molecule has 0 aromatic heterocycles. The van der Waals surface area contributed by atoms with Gasteiger partial charge >= 0.3 is 0 Å². The van der Waals surface area contributed by atoms with E-state index in [0.717, 1.165) is 58.3 Å². The van der Waals surface area contributed by atoms with Gasteiger partial charge in [0.2, 0.25) is 11.8 Å². The van der Waals surface area contributed by atoms with Gasteiger partial charge in [-0.25, -0.2) is 0 Å². The minimum absolute atomic E-state index is 0.130. The molecule has 0 bridgehead atoms. The minimum Gasteiger partial charge on any atom is -0.394 e. The van der Waals surface area contributed by atoms with Crippen LogP contribution in [0.4, 0.5) is 0 Å². The Kier molecular flexibility index (Phi) is 43.9.